The summed E-state index contributed by atoms with van der Waals surface area (Å²) in [5.41, 5.74) is 8.61. The molecule has 2 aromatic carbocycles. The van der Waals surface area contributed by atoms with Gasteiger partial charge in [-0.25, -0.2) is 4.79 Å². The van der Waals surface area contributed by atoms with E-state index < -0.39 is 17.9 Å². The Labute approximate surface area is 167 Å². The van der Waals surface area contributed by atoms with Crippen molar-refractivity contribution in [2.75, 3.05) is 12.5 Å². The van der Waals surface area contributed by atoms with Crippen molar-refractivity contribution < 1.29 is 19.1 Å². The molecular weight excluding hydrogens is 374 g/mol. The molecule has 0 aliphatic heterocycles. The lowest BCUT2D eigenvalue weighted by atomic mass is 10.1. The summed E-state index contributed by atoms with van der Waals surface area (Å²) in [7, 11) is 1.53. The summed E-state index contributed by atoms with van der Waals surface area (Å²) in [5.74, 6) is -0.831. The first-order valence-corrected chi connectivity index (χ1v) is 8.43. The Morgan fingerprint density at radius 2 is 1.72 bits per heavy atom. The summed E-state index contributed by atoms with van der Waals surface area (Å²) in [5, 5.41) is 19.7. The molecule has 0 saturated heterocycles. The molecule has 0 bridgehead atoms. The first kappa shape index (κ1) is 21.1. The van der Waals surface area contributed by atoms with E-state index >= 15 is 0 Å². The molecule has 2 aromatic rings. The van der Waals surface area contributed by atoms with Gasteiger partial charge < -0.3 is 15.2 Å². The molecule has 0 aromatic heterocycles. The van der Waals surface area contributed by atoms with Crippen LogP contribution in [0.3, 0.4) is 0 Å². The van der Waals surface area contributed by atoms with Gasteiger partial charge in [0.2, 0.25) is 11.5 Å². The number of nitrogens with zero attached hydrogens (tertiary/aromatic N) is 2. The summed E-state index contributed by atoms with van der Waals surface area (Å²) < 4.78 is 10.3. The van der Waals surface area contributed by atoms with Crippen LogP contribution in [0.1, 0.15) is 27.6 Å². The minimum absolute atomic E-state index is 0.237. The summed E-state index contributed by atoms with van der Waals surface area (Å²) in [6.07, 6.45) is -0.966. The molecule has 148 valence electrons. The smallest absolute Gasteiger partial charge is 0.338 e. The minimum atomic E-state index is -0.966. The van der Waals surface area contributed by atoms with Gasteiger partial charge in [0.05, 0.1) is 18.4 Å². The number of Topliss-reactive ketones (excluding diaryl/α,β-unsaturated/α-hetero) is 1. The maximum atomic E-state index is 12.4. The molecule has 2 rings (SSSR count). The predicted octanol–water partition coefficient (Wildman–Crippen LogP) is 2.35. The van der Waals surface area contributed by atoms with Gasteiger partial charge in [-0.3, -0.25) is 15.6 Å². The Morgan fingerprint density at radius 1 is 1.14 bits per heavy atom. The number of anilines is 1. The van der Waals surface area contributed by atoms with E-state index in [1.807, 2.05) is 0 Å². The molecule has 0 saturated carbocycles. The average molecular weight is 393 g/mol. The molecule has 0 spiro atoms. The lowest BCUT2D eigenvalue weighted by Crippen LogP contribution is -2.24. The van der Waals surface area contributed by atoms with E-state index in [4.69, 9.17) is 25.9 Å². The van der Waals surface area contributed by atoms with E-state index in [-0.39, 0.29) is 17.1 Å². The highest BCUT2D eigenvalue weighted by atomic mass is 16.5. The Balaban J connectivity index is 2.00. The number of benzene rings is 2. The molecule has 0 radical (unpaired) electrons. The second-order valence-electron chi connectivity index (χ2n) is 5.82. The van der Waals surface area contributed by atoms with E-state index in [9.17, 15) is 9.59 Å². The summed E-state index contributed by atoms with van der Waals surface area (Å²) >= 11 is 0. The van der Waals surface area contributed by atoms with Crippen molar-refractivity contribution in [2.45, 2.75) is 13.0 Å². The molecule has 9 nitrogen and oxygen atoms in total. The Hall–Kier alpha value is -4.19. The van der Waals surface area contributed by atoms with Crippen LogP contribution in [0.5, 0.6) is 5.75 Å². The van der Waals surface area contributed by atoms with Gasteiger partial charge in [-0.2, -0.15) is 10.4 Å². The number of rotatable bonds is 8. The number of nitrogens with two attached hydrogens (primary N) is 1. The SMILES string of the molecule is COc1ccc(C(=O)C(C)OC(=O)c2ccc(N/N=C(\C#N)C(=N)N)cc2)cc1. The summed E-state index contributed by atoms with van der Waals surface area (Å²) in [6, 6.07) is 14.2. The number of hydrazone groups is 1. The molecule has 9 heteroatoms. The van der Waals surface area contributed by atoms with E-state index in [1.165, 1.54) is 38.3 Å². The number of ether oxygens (including phenoxy) is 2. The number of carbonyl (C=O) groups is 2. The van der Waals surface area contributed by atoms with Crippen LogP contribution in [-0.4, -0.2) is 36.5 Å². The standard InChI is InChI=1S/C20H19N5O4/c1-12(18(26)13-5-9-16(28-2)10-6-13)29-20(27)14-3-7-15(8-4-14)24-25-17(11-21)19(22)23/h3-10,12,24H,1-2H3,(H3,22,23)/b25-17+. The van der Waals surface area contributed by atoms with Crippen molar-refractivity contribution >= 4 is 29.0 Å². The van der Waals surface area contributed by atoms with E-state index in [0.717, 1.165) is 0 Å². The number of esters is 1. The number of nitrogens with one attached hydrogen (secondary N) is 2. The fourth-order valence-electron chi connectivity index (χ4n) is 2.22. The van der Waals surface area contributed by atoms with Crippen LogP contribution in [0.15, 0.2) is 53.6 Å². The molecular formula is C20H19N5O4. The first-order valence-electron chi connectivity index (χ1n) is 8.43. The lowest BCUT2D eigenvalue weighted by molar-refractivity contribution is 0.0319. The van der Waals surface area contributed by atoms with E-state index in [2.05, 4.69) is 10.5 Å². The molecule has 29 heavy (non-hydrogen) atoms. The fraction of sp³-hybridized carbons (Fsp3) is 0.150. The third-order valence-corrected chi connectivity index (χ3v) is 3.81. The van der Waals surface area contributed by atoms with Gasteiger partial charge in [-0.05, 0) is 55.5 Å². The fourth-order valence-corrected chi connectivity index (χ4v) is 2.22. The Kier molecular flexibility index (Phi) is 7.03. The van der Waals surface area contributed by atoms with Crippen LogP contribution in [-0.2, 0) is 4.74 Å². The molecule has 1 atom stereocenters. The van der Waals surface area contributed by atoms with Crippen molar-refractivity contribution in [2.24, 2.45) is 10.8 Å². The van der Waals surface area contributed by atoms with Gasteiger partial charge in [0, 0.05) is 5.56 Å². The zero-order chi connectivity index (χ0) is 21.4. The number of hydrogen-bond donors (Lipinski definition) is 3. The molecule has 0 aliphatic carbocycles. The van der Waals surface area contributed by atoms with Gasteiger partial charge >= 0.3 is 5.97 Å². The van der Waals surface area contributed by atoms with Crippen molar-refractivity contribution in [1.82, 2.24) is 0 Å². The van der Waals surface area contributed by atoms with E-state index in [1.54, 1.807) is 30.3 Å². The zero-order valence-electron chi connectivity index (χ0n) is 15.8. The third-order valence-electron chi connectivity index (χ3n) is 3.81. The summed E-state index contributed by atoms with van der Waals surface area (Å²) in [6.45, 7) is 1.50. The van der Waals surface area contributed by atoms with Crippen LogP contribution < -0.4 is 15.9 Å². The Morgan fingerprint density at radius 3 is 2.24 bits per heavy atom. The number of carbonyl (C=O) groups excluding carboxylic acids is 2. The molecule has 0 heterocycles. The quantitative estimate of drug-likeness (QED) is 0.205. The van der Waals surface area contributed by atoms with Gasteiger partial charge in [0.25, 0.3) is 0 Å². The van der Waals surface area contributed by atoms with Crippen molar-refractivity contribution in [3.63, 3.8) is 0 Å². The van der Waals surface area contributed by atoms with E-state index in [0.29, 0.717) is 17.0 Å². The lowest BCUT2D eigenvalue weighted by Gasteiger charge is -2.13. The molecule has 1 unspecified atom stereocenters. The number of amidine groups is 1. The number of hydrogen-bond acceptors (Lipinski definition) is 8. The number of nitriles is 1. The molecule has 0 fully saturated rings. The minimum Gasteiger partial charge on any atom is -0.497 e. The van der Waals surface area contributed by atoms with Crippen LogP contribution in [0.2, 0.25) is 0 Å². The van der Waals surface area contributed by atoms with Gasteiger partial charge in [-0.15, -0.1) is 0 Å². The second-order valence-corrected chi connectivity index (χ2v) is 5.82. The van der Waals surface area contributed by atoms with Gasteiger partial charge in [0.1, 0.15) is 11.8 Å². The maximum absolute atomic E-state index is 12.4. The normalized spacial score (nSPS) is 11.7. The third kappa shape index (κ3) is 5.64. The van der Waals surface area contributed by atoms with Crippen molar-refractivity contribution in [3.8, 4) is 11.8 Å². The van der Waals surface area contributed by atoms with Crippen molar-refractivity contribution in [3.05, 3.63) is 59.7 Å². The first-order chi connectivity index (χ1) is 13.8. The van der Waals surface area contributed by atoms with Gasteiger partial charge in [0.15, 0.2) is 11.9 Å². The monoisotopic (exact) mass is 393 g/mol. The summed E-state index contributed by atoms with van der Waals surface area (Å²) in [4.78, 5) is 24.7. The topological polar surface area (TPSA) is 151 Å². The van der Waals surface area contributed by atoms with Crippen LogP contribution in [0.4, 0.5) is 5.69 Å². The average Bonchev–Trinajstić information content (AvgIpc) is 2.73. The van der Waals surface area contributed by atoms with Gasteiger partial charge in [-0.1, -0.05) is 0 Å². The predicted molar refractivity (Wildman–Crippen MR) is 107 cm³/mol. The maximum Gasteiger partial charge on any atom is 0.338 e. The second kappa shape index (κ2) is 9.66. The number of ketones is 1. The molecule has 0 aliphatic rings. The Bertz CT molecular complexity index is 975. The van der Waals surface area contributed by atoms with Crippen LogP contribution in [0.25, 0.3) is 0 Å². The largest absolute Gasteiger partial charge is 0.497 e. The molecule has 4 N–H and O–H groups in total. The van der Waals surface area contributed by atoms with Crippen LogP contribution in [0, 0.1) is 16.7 Å². The highest BCUT2D eigenvalue weighted by Gasteiger charge is 2.20. The number of methoxy groups -OCH3 is 1. The molecule has 0 amide bonds. The van der Waals surface area contributed by atoms with Crippen molar-refractivity contribution in [1.29, 1.82) is 10.7 Å². The van der Waals surface area contributed by atoms with Crippen LogP contribution >= 0.6 is 0 Å². The highest BCUT2D eigenvalue weighted by Crippen LogP contribution is 2.15. The highest BCUT2D eigenvalue weighted by molar-refractivity contribution is 6.45. The zero-order valence-corrected chi connectivity index (χ0v) is 15.8.